The number of carbonyl (C=O) groups excluding carboxylic acids is 2. The van der Waals surface area contributed by atoms with Crippen LogP contribution in [0, 0.1) is 0 Å². The van der Waals surface area contributed by atoms with Gasteiger partial charge in [-0.25, -0.2) is 4.79 Å². The molecule has 0 saturated carbocycles. The number of thiophene rings is 1. The molecular formula is C17H18BrNO3S. The number of amides is 1. The molecule has 1 aromatic carbocycles. The van der Waals surface area contributed by atoms with Crippen molar-refractivity contribution in [1.29, 1.82) is 0 Å². The zero-order valence-corrected chi connectivity index (χ0v) is 15.2. The Kier molecular flexibility index (Phi) is 6.80. The SMILES string of the molecule is CCCCOC(=O)c1ccccc1NC(=O)Cc1ccc(Br)s1. The summed E-state index contributed by atoms with van der Waals surface area (Å²) in [5, 5.41) is 2.79. The molecule has 1 heterocycles. The molecule has 0 aliphatic heterocycles. The van der Waals surface area contributed by atoms with Gasteiger partial charge in [0.1, 0.15) is 0 Å². The Morgan fingerprint density at radius 1 is 1.22 bits per heavy atom. The van der Waals surface area contributed by atoms with Crippen molar-refractivity contribution >= 4 is 44.8 Å². The molecule has 1 amide bonds. The molecule has 2 rings (SSSR count). The van der Waals surface area contributed by atoms with Gasteiger partial charge in [0.25, 0.3) is 0 Å². The molecule has 0 aliphatic carbocycles. The van der Waals surface area contributed by atoms with E-state index in [9.17, 15) is 9.59 Å². The van der Waals surface area contributed by atoms with E-state index in [4.69, 9.17) is 4.74 Å². The normalized spacial score (nSPS) is 10.3. The van der Waals surface area contributed by atoms with Crippen molar-refractivity contribution < 1.29 is 14.3 Å². The number of benzene rings is 1. The first-order valence-corrected chi connectivity index (χ1v) is 9.01. The van der Waals surface area contributed by atoms with Gasteiger partial charge in [-0.05, 0) is 46.6 Å². The van der Waals surface area contributed by atoms with Crippen LogP contribution in [0.5, 0.6) is 0 Å². The van der Waals surface area contributed by atoms with Crippen molar-refractivity contribution in [1.82, 2.24) is 0 Å². The predicted molar refractivity (Wildman–Crippen MR) is 96.0 cm³/mol. The number of unbranched alkanes of at least 4 members (excludes halogenated alkanes) is 1. The van der Waals surface area contributed by atoms with Gasteiger partial charge in [-0.3, -0.25) is 4.79 Å². The second-order valence-corrected chi connectivity index (χ2v) is 7.51. The molecule has 0 fully saturated rings. The standard InChI is InChI=1S/C17H18BrNO3S/c1-2-3-10-22-17(21)13-6-4-5-7-14(13)19-16(20)11-12-8-9-15(18)23-12/h4-9H,2-3,10-11H2,1H3,(H,19,20). The maximum Gasteiger partial charge on any atom is 0.340 e. The fourth-order valence-corrected chi connectivity index (χ4v) is 3.44. The number of anilines is 1. The first-order valence-electron chi connectivity index (χ1n) is 7.40. The highest BCUT2D eigenvalue weighted by molar-refractivity contribution is 9.11. The van der Waals surface area contributed by atoms with Crippen LogP contribution < -0.4 is 5.32 Å². The van der Waals surface area contributed by atoms with Crippen LogP contribution in [0.3, 0.4) is 0 Å². The monoisotopic (exact) mass is 395 g/mol. The van der Waals surface area contributed by atoms with Crippen molar-refractivity contribution in [2.24, 2.45) is 0 Å². The number of halogens is 1. The Morgan fingerprint density at radius 3 is 2.70 bits per heavy atom. The zero-order valence-electron chi connectivity index (χ0n) is 12.8. The Labute approximate surface area is 148 Å². The zero-order chi connectivity index (χ0) is 16.7. The number of ether oxygens (including phenoxy) is 1. The predicted octanol–water partition coefficient (Wildman–Crippen LogP) is 4.65. The highest BCUT2D eigenvalue weighted by Crippen LogP contribution is 2.23. The number of para-hydroxylation sites is 1. The van der Waals surface area contributed by atoms with E-state index in [1.807, 2.05) is 19.1 Å². The van der Waals surface area contributed by atoms with Gasteiger partial charge in [-0.1, -0.05) is 25.5 Å². The quantitative estimate of drug-likeness (QED) is 0.548. The third kappa shape index (κ3) is 5.48. The second-order valence-electron chi connectivity index (χ2n) is 4.97. The van der Waals surface area contributed by atoms with E-state index < -0.39 is 5.97 Å². The summed E-state index contributed by atoms with van der Waals surface area (Å²) in [6, 6.07) is 10.7. The summed E-state index contributed by atoms with van der Waals surface area (Å²) in [6.45, 7) is 2.42. The summed E-state index contributed by atoms with van der Waals surface area (Å²) in [6.07, 6.45) is 2.06. The van der Waals surface area contributed by atoms with Gasteiger partial charge in [0.15, 0.2) is 0 Å². The maximum absolute atomic E-state index is 12.2. The van der Waals surface area contributed by atoms with Gasteiger partial charge >= 0.3 is 5.97 Å². The molecule has 0 spiro atoms. The minimum atomic E-state index is -0.409. The topological polar surface area (TPSA) is 55.4 Å². The van der Waals surface area contributed by atoms with Crippen LogP contribution in [0.4, 0.5) is 5.69 Å². The van der Waals surface area contributed by atoms with E-state index >= 15 is 0 Å². The molecule has 0 bridgehead atoms. The number of carbonyl (C=O) groups is 2. The fraction of sp³-hybridized carbons (Fsp3) is 0.294. The van der Waals surface area contributed by atoms with E-state index in [1.54, 1.807) is 24.3 Å². The molecule has 0 radical (unpaired) electrons. The fourth-order valence-electron chi connectivity index (χ4n) is 1.96. The van der Waals surface area contributed by atoms with E-state index in [2.05, 4.69) is 21.2 Å². The summed E-state index contributed by atoms with van der Waals surface area (Å²) < 4.78 is 6.20. The first-order chi connectivity index (χ1) is 11.1. The average Bonchev–Trinajstić information content (AvgIpc) is 2.92. The lowest BCUT2D eigenvalue weighted by molar-refractivity contribution is -0.115. The summed E-state index contributed by atoms with van der Waals surface area (Å²) in [4.78, 5) is 25.2. The van der Waals surface area contributed by atoms with Crippen LogP contribution in [0.15, 0.2) is 40.2 Å². The summed E-state index contributed by atoms with van der Waals surface area (Å²) >= 11 is 4.89. The third-order valence-electron chi connectivity index (χ3n) is 3.12. The van der Waals surface area contributed by atoms with E-state index in [1.165, 1.54) is 11.3 Å². The minimum Gasteiger partial charge on any atom is -0.462 e. The first kappa shape index (κ1) is 17.7. The summed E-state index contributed by atoms with van der Waals surface area (Å²) in [5.41, 5.74) is 0.860. The number of rotatable bonds is 7. The van der Waals surface area contributed by atoms with Gasteiger partial charge in [0, 0.05) is 4.88 Å². The lowest BCUT2D eigenvalue weighted by Gasteiger charge is -2.10. The van der Waals surface area contributed by atoms with E-state index in [-0.39, 0.29) is 12.3 Å². The number of nitrogens with one attached hydrogen (secondary N) is 1. The molecule has 0 saturated heterocycles. The van der Waals surface area contributed by atoms with Gasteiger partial charge in [-0.15, -0.1) is 11.3 Å². The molecule has 4 nitrogen and oxygen atoms in total. The molecule has 122 valence electrons. The Bertz CT molecular complexity index is 684. The van der Waals surface area contributed by atoms with Crippen LogP contribution in [0.25, 0.3) is 0 Å². The third-order valence-corrected chi connectivity index (χ3v) is 4.74. The van der Waals surface area contributed by atoms with Crippen LogP contribution in [0.1, 0.15) is 35.0 Å². The molecule has 23 heavy (non-hydrogen) atoms. The molecule has 0 atom stereocenters. The lowest BCUT2D eigenvalue weighted by Crippen LogP contribution is -2.17. The van der Waals surface area contributed by atoms with Crippen LogP contribution >= 0.6 is 27.3 Å². The van der Waals surface area contributed by atoms with Crippen molar-refractivity contribution in [3.05, 3.63) is 50.6 Å². The molecule has 6 heteroatoms. The van der Waals surface area contributed by atoms with Crippen LogP contribution in [-0.4, -0.2) is 18.5 Å². The molecule has 0 unspecified atom stereocenters. The largest absolute Gasteiger partial charge is 0.462 e. The van der Waals surface area contributed by atoms with Gasteiger partial charge in [0.2, 0.25) is 5.91 Å². The van der Waals surface area contributed by atoms with Gasteiger partial charge in [-0.2, -0.15) is 0 Å². The molecule has 1 N–H and O–H groups in total. The van der Waals surface area contributed by atoms with Crippen molar-refractivity contribution in [2.75, 3.05) is 11.9 Å². The Morgan fingerprint density at radius 2 is 2.00 bits per heavy atom. The molecule has 2 aromatic rings. The summed E-state index contributed by atoms with van der Waals surface area (Å²) in [7, 11) is 0. The molecular weight excluding hydrogens is 378 g/mol. The van der Waals surface area contributed by atoms with Crippen LogP contribution in [0.2, 0.25) is 0 Å². The number of esters is 1. The maximum atomic E-state index is 12.2. The number of hydrogen-bond donors (Lipinski definition) is 1. The molecule has 0 aliphatic rings. The van der Waals surface area contributed by atoms with Crippen molar-refractivity contribution in [3.63, 3.8) is 0 Å². The average molecular weight is 396 g/mol. The van der Waals surface area contributed by atoms with Crippen LogP contribution in [-0.2, 0) is 16.0 Å². The van der Waals surface area contributed by atoms with E-state index in [0.717, 1.165) is 21.5 Å². The Balaban J connectivity index is 2.01. The Hall–Kier alpha value is -1.66. The highest BCUT2D eigenvalue weighted by Gasteiger charge is 2.14. The highest BCUT2D eigenvalue weighted by atomic mass is 79.9. The summed E-state index contributed by atoms with van der Waals surface area (Å²) in [5.74, 6) is -0.568. The van der Waals surface area contributed by atoms with Gasteiger partial charge < -0.3 is 10.1 Å². The lowest BCUT2D eigenvalue weighted by atomic mass is 10.1. The van der Waals surface area contributed by atoms with Crippen molar-refractivity contribution in [3.8, 4) is 0 Å². The smallest absolute Gasteiger partial charge is 0.340 e. The van der Waals surface area contributed by atoms with Crippen molar-refractivity contribution in [2.45, 2.75) is 26.2 Å². The minimum absolute atomic E-state index is 0.159. The molecule has 1 aromatic heterocycles. The number of hydrogen-bond acceptors (Lipinski definition) is 4. The second kappa shape index (κ2) is 8.84. The van der Waals surface area contributed by atoms with E-state index in [0.29, 0.717) is 17.9 Å². The van der Waals surface area contributed by atoms with Gasteiger partial charge in [0.05, 0.1) is 28.1 Å².